The second-order valence-corrected chi connectivity index (χ2v) is 5.33. The fourth-order valence-electron chi connectivity index (χ4n) is 2.47. The number of amides is 1. The Labute approximate surface area is 130 Å². The van der Waals surface area contributed by atoms with Crippen LogP contribution < -0.4 is 9.64 Å². The van der Waals surface area contributed by atoms with Crippen LogP contribution in [0, 0.1) is 0 Å². The fourth-order valence-corrected chi connectivity index (χ4v) is 2.63. The van der Waals surface area contributed by atoms with Crippen molar-refractivity contribution in [2.24, 2.45) is 0 Å². The van der Waals surface area contributed by atoms with E-state index in [0.717, 1.165) is 0 Å². The van der Waals surface area contributed by atoms with Crippen LogP contribution in [0.2, 0.25) is 5.02 Å². The molecule has 1 atom stereocenters. The number of carbonyl (C=O) groups excluding carboxylic acids is 1. The summed E-state index contributed by atoms with van der Waals surface area (Å²) in [6.45, 7) is -0.684. The Hall–Kier alpha value is -2.15. The number of benzene rings is 1. The third-order valence-electron chi connectivity index (χ3n) is 3.44. The summed E-state index contributed by atoms with van der Waals surface area (Å²) < 4.78 is 30.8. The van der Waals surface area contributed by atoms with Gasteiger partial charge in [-0.05, 0) is 25.1 Å². The minimum Gasteiger partial charge on any atom is -0.433 e. The smallest absolute Gasteiger partial charge is 0.387 e. The highest BCUT2D eigenvalue weighted by atomic mass is 35.5. The van der Waals surface area contributed by atoms with Gasteiger partial charge < -0.3 is 9.64 Å². The molecule has 1 amide bonds. The van der Waals surface area contributed by atoms with Crippen molar-refractivity contribution in [1.82, 2.24) is 9.78 Å². The van der Waals surface area contributed by atoms with Gasteiger partial charge in [0.1, 0.15) is 11.4 Å². The van der Waals surface area contributed by atoms with E-state index < -0.39 is 6.61 Å². The molecule has 0 saturated carbocycles. The molecule has 1 aromatic carbocycles. The molecule has 116 valence electrons. The monoisotopic (exact) mass is 327 g/mol. The maximum Gasteiger partial charge on any atom is 0.387 e. The summed E-state index contributed by atoms with van der Waals surface area (Å²) in [7, 11) is 0. The van der Waals surface area contributed by atoms with Crippen LogP contribution in [0.1, 0.15) is 23.5 Å². The van der Waals surface area contributed by atoms with E-state index in [1.54, 1.807) is 23.0 Å². The van der Waals surface area contributed by atoms with Crippen molar-refractivity contribution in [3.05, 3.63) is 41.2 Å². The average molecular weight is 328 g/mol. The zero-order valence-electron chi connectivity index (χ0n) is 11.5. The Kier molecular flexibility index (Phi) is 3.74. The van der Waals surface area contributed by atoms with Crippen LogP contribution in [-0.4, -0.2) is 28.8 Å². The maximum atomic E-state index is 12.5. The van der Waals surface area contributed by atoms with Gasteiger partial charge in [-0.2, -0.15) is 13.9 Å². The minimum atomic E-state index is -2.98. The fraction of sp³-hybridized carbons (Fsp3) is 0.286. The van der Waals surface area contributed by atoms with Crippen LogP contribution in [0.3, 0.4) is 0 Å². The van der Waals surface area contributed by atoms with Crippen LogP contribution >= 0.6 is 11.6 Å². The molecule has 0 bridgehead atoms. The number of alkyl halides is 2. The normalized spacial score (nSPS) is 17.8. The Bertz CT molecular complexity index is 720. The molecule has 1 aliphatic heterocycles. The molecular weight excluding hydrogens is 316 g/mol. The number of rotatable bonds is 3. The van der Waals surface area contributed by atoms with Crippen molar-refractivity contribution >= 4 is 23.2 Å². The van der Waals surface area contributed by atoms with E-state index in [9.17, 15) is 13.6 Å². The Balaban J connectivity index is 1.97. The summed E-state index contributed by atoms with van der Waals surface area (Å²) in [5.41, 5.74) is 0.898. The zero-order chi connectivity index (χ0) is 15.9. The van der Waals surface area contributed by atoms with Crippen LogP contribution in [0.4, 0.5) is 14.5 Å². The van der Waals surface area contributed by atoms with Crippen molar-refractivity contribution in [3.8, 4) is 5.75 Å². The molecule has 1 aromatic heterocycles. The molecule has 0 unspecified atom stereocenters. The van der Waals surface area contributed by atoms with Crippen molar-refractivity contribution in [2.75, 3.05) is 11.4 Å². The molecule has 3 rings (SSSR count). The third-order valence-corrected chi connectivity index (χ3v) is 3.75. The number of hydrogen-bond donors (Lipinski definition) is 0. The summed E-state index contributed by atoms with van der Waals surface area (Å²) in [6, 6.07) is 5.95. The number of nitrogens with zero attached hydrogens (tertiary/aromatic N) is 3. The number of fused-ring (bicyclic) bond motifs is 1. The molecule has 0 fully saturated rings. The first-order valence-corrected chi connectivity index (χ1v) is 6.95. The molecule has 0 N–H and O–H groups in total. The number of aromatic nitrogens is 2. The average Bonchev–Trinajstić information content (AvgIpc) is 2.95. The van der Waals surface area contributed by atoms with Gasteiger partial charge >= 0.3 is 6.61 Å². The van der Waals surface area contributed by atoms with Crippen molar-refractivity contribution in [1.29, 1.82) is 0 Å². The Morgan fingerprint density at radius 3 is 2.91 bits per heavy atom. The van der Waals surface area contributed by atoms with E-state index in [-0.39, 0.29) is 22.7 Å². The van der Waals surface area contributed by atoms with Crippen molar-refractivity contribution in [3.63, 3.8) is 0 Å². The van der Waals surface area contributed by atoms with Gasteiger partial charge in [0.15, 0.2) is 0 Å². The van der Waals surface area contributed by atoms with E-state index in [0.29, 0.717) is 17.9 Å². The first-order valence-electron chi connectivity index (χ1n) is 6.57. The van der Waals surface area contributed by atoms with Gasteiger partial charge in [0, 0.05) is 24.5 Å². The minimum absolute atomic E-state index is 0.0298. The summed E-state index contributed by atoms with van der Waals surface area (Å²) in [5.74, 6) is -0.408. The SMILES string of the molecule is C[C@H]1CN(c2ccc(Cl)c(OC(F)F)c2)C(=O)c2ccnn21. The molecule has 22 heavy (non-hydrogen) atoms. The first kappa shape index (κ1) is 14.8. The highest BCUT2D eigenvalue weighted by Crippen LogP contribution is 2.33. The lowest BCUT2D eigenvalue weighted by molar-refractivity contribution is -0.0497. The van der Waals surface area contributed by atoms with E-state index in [4.69, 9.17) is 11.6 Å². The van der Waals surface area contributed by atoms with Crippen LogP contribution in [0.15, 0.2) is 30.5 Å². The molecule has 8 heteroatoms. The molecule has 2 heterocycles. The predicted molar refractivity (Wildman–Crippen MR) is 76.7 cm³/mol. The molecule has 1 aliphatic rings. The number of hydrogen-bond acceptors (Lipinski definition) is 3. The molecule has 5 nitrogen and oxygen atoms in total. The molecular formula is C14H12ClF2N3O2. The second-order valence-electron chi connectivity index (χ2n) is 4.92. The summed E-state index contributed by atoms with van der Waals surface area (Å²) in [4.78, 5) is 14.0. The quantitative estimate of drug-likeness (QED) is 0.868. The van der Waals surface area contributed by atoms with Gasteiger partial charge in [-0.15, -0.1) is 0 Å². The number of anilines is 1. The lowest BCUT2D eigenvalue weighted by Crippen LogP contribution is -2.42. The van der Waals surface area contributed by atoms with Gasteiger partial charge in [-0.3, -0.25) is 9.48 Å². The summed E-state index contributed by atoms with van der Waals surface area (Å²) in [6.07, 6.45) is 1.56. The number of ether oxygens (including phenoxy) is 1. The molecule has 2 aromatic rings. The highest BCUT2D eigenvalue weighted by molar-refractivity contribution is 6.32. The maximum absolute atomic E-state index is 12.5. The van der Waals surface area contributed by atoms with Crippen LogP contribution in [-0.2, 0) is 0 Å². The van der Waals surface area contributed by atoms with Gasteiger partial charge in [0.05, 0.1) is 11.1 Å². The van der Waals surface area contributed by atoms with E-state index in [2.05, 4.69) is 9.84 Å². The summed E-state index contributed by atoms with van der Waals surface area (Å²) in [5, 5.41) is 4.17. The largest absolute Gasteiger partial charge is 0.433 e. The lowest BCUT2D eigenvalue weighted by atomic mass is 10.1. The molecule has 0 saturated heterocycles. The summed E-state index contributed by atoms with van der Waals surface area (Å²) >= 11 is 5.83. The van der Waals surface area contributed by atoms with E-state index in [1.807, 2.05) is 6.92 Å². The van der Waals surface area contributed by atoms with Crippen LogP contribution in [0.5, 0.6) is 5.75 Å². The van der Waals surface area contributed by atoms with E-state index in [1.165, 1.54) is 17.0 Å². The predicted octanol–water partition coefficient (Wildman–Crippen LogP) is 3.36. The highest BCUT2D eigenvalue weighted by Gasteiger charge is 2.30. The first-order chi connectivity index (χ1) is 10.5. The van der Waals surface area contributed by atoms with Gasteiger partial charge in [0.25, 0.3) is 5.91 Å². The van der Waals surface area contributed by atoms with Gasteiger partial charge in [0.2, 0.25) is 0 Å². The topological polar surface area (TPSA) is 47.4 Å². The second kappa shape index (κ2) is 5.57. The van der Waals surface area contributed by atoms with Crippen molar-refractivity contribution < 1.29 is 18.3 Å². The van der Waals surface area contributed by atoms with Gasteiger partial charge in [-0.25, -0.2) is 0 Å². The van der Waals surface area contributed by atoms with E-state index >= 15 is 0 Å². The van der Waals surface area contributed by atoms with Gasteiger partial charge in [-0.1, -0.05) is 11.6 Å². The molecule has 0 aliphatic carbocycles. The Morgan fingerprint density at radius 1 is 1.41 bits per heavy atom. The molecule has 0 spiro atoms. The molecule has 0 radical (unpaired) electrons. The van der Waals surface area contributed by atoms with Crippen molar-refractivity contribution in [2.45, 2.75) is 19.6 Å². The lowest BCUT2D eigenvalue weighted by Gasteiger charge is -2.32. The third kappa shape index (κ3) is 2.52. The van der Waals surface area contributed by atoms with Crippen LogP contribution in [0.25, 0.3) is 0 Å². The standard InChI is InChI=1S/C14H12ClF2N3O2/c1-8-7-19(13(21)11-4-5-18-20(8)11)9-2-3-10(15)12(6-9)22-14(16)17/h2-6,8,14H,7H2,1H3/t8-/m0/s1. The zero-order valence-corrected chi connectivity index (χ0v) is 12.3. The number of halogens is 3. The number of carbonyl (C=O) groups is 1. The Morgan fingerprint density at radius 2 is 2.18 bits per heavy atom.